The molecule has 2 aromatic carbocycles. The molecule has 0 aliphatic rings. The van der Waals surface area contributed by atoms with Crippen LogP contribution in [0.3, 0.4) is 0 Å². The Bertz CT molecular complexity index is 1110. The van der Waals surface area contributed by atoms with Gasteiger partial charge in [-0.3, -0.25) is 0 Å². The van der Waals surface area contributed by atoms with E-state index in [4.69, 9.17) is 51.4 Å². The molecule has 7 heteroatoms. The minimum atomic E-state index is -0.733. The molecule has 0 bridgehead atoms. The van der Waals surface area contributed by atoms with Crippen LogP contribution in [0.5, 0.6) is 0 Å². The molecule has 3 aromatic rings. The molecule has 1 aromatic heterocycles. The second-order valence-corrected chi connectivity index (χ2v) is 10.1. The summed E-state index contributed by atoms with van der Waals surface area (Å²) in [5, 5.41) is 14.3. The average Bonchev–Trinajstić information content (AvgIpc) is 2.75. The van der Waals surface area contributed by atoms with Crippen LogP contribution in [0.25, 0.3) is 22.2 Å². The fraction of sp³-hybridized carbons (Fsp3) is 0.423. The smallest absolute Gasteiger partial charge is 0.0926 e. The highest BCUT2D eigenvalue weighted by atomic mass is 35.5. The molecule has 0 spiro atoms. The number of hydrogen-bond acceptors (Lipinski definition) is 3. The van der Waals surface area contributed by atoms with Crippen LogP contribution in [0.4, 0.5) is 0 Å². The second kappa shape index (κ2) is 12.1. The number of unbranched alkanes of at least 4 members (excludes halogenated alkanes) is 2. The Morgan fingerprint density at radius 3 is 2.15 bits per heavy atom. The van der Waals surface area contributed by atoms with Gasteiger partial charge in [0.15, 0.2) is 0 Å². The van der Waals surface area contributed by atoms with Crippen LogP contribution in [0.2, 0.25) is 20.1 Å². The Morgan fingerprint density at radius 2 is 1.55 bits per heavy atom. The van der Waals surface area contributed by atoms with E-state index in [2.05, 4.69) is 18.7 Å². The fourth-order valence-corrected chi connectivity index (χ4v) is 5.21. The normalized spacial score (nSPS) is 12.6. The fourth-order valence-electron chi connectivity index (χ4n) is 4.18. The molecule has 0 amide bonds. The zero-order valence-corrected chi connectivity index (χ0v) is 22.3. The third-order valence-electron chi connectivity index (χ3n) is 5.91. The number of aliphatic hydroxyl groups excluding tert-OH is 1. The van der Waals surface area contributed by atoms with E-state index in [1.165, 1.54) is 0 Å². The molecule has 0 saturated carbocycles. The van der Waals surface area contributed by atoms with Crippen molar-refractivity contribution in [2.24, 2.45) is 0 Å². The molecule has 178 valence electrons. The number of pyridine rings is 1. The van der Waals surface area contributed by atoms with Crippen molar-refractivity contribution in [2.45, 2.75) is 52.6 Å². The molecule has 1 heterocycles. The Balaban J connectivity index is 2.16. The zero-order valence-electron chi connectivity index (χ0n) is 19.3. The van der Waals surface area contributed by atoms with E-state index in [0.717, 1.165) is 60.8 Å². The van der Waals surface area contributed by atoms with Gasteiger partial charge < -0.3 is 10.0 Å². The van der Waals surface area contributed by atoms with Crippen LogP contribution in [-0.2, 0) is 0 Å². The maximum Gasteiger partial charge on any atom is 0.0926 e. The average molecular weight is 528 g/mol. The SMILES string of the molecule is CCCCN(CCCC)CC(O)c1c(C)c(-c2ccc(Cl)cc2Cl)nc2c(Cl)cc(Cl)cc12. The molecule has 3 rings (SSSR count). The Hall–Kier alpha value is -1.07. The maximum absolute atomic E-state index is 11.5. The van der Waals surface area contributed by atoms with Gasteiger partial charge in [-0.15, -0.1) is 0 Å². The molecular weight excluding hydrogens is 498 g/mol. The highest BCUT2D eigenvalue weighted by Gasteiger charge is 2.23. The van der Waals surface area contributed by atoms with E-state index in [-0.39, 0.29) is 0 Å². The third kappa shape index (κ3) is 6.33. The molecule has 33 heavy (non-hydrogen) atoms. The molecule has 3 nitrogen and oxygen atoms in total. The number of aromatic nitrogens is 1. The third-order valence-corrected chi connectivity index (χ3v) is 6.96. The summed E-state index contributed by atoms with van der Waals surface area (Å²) in [7, 11) is 0. The van der Waals surface area contributed by atoms with E-state index >= 15 is 0 Å². The summed E-state index contributed by atoms with van der Waals surface area (Å²) in [5.41, 5.74) is 3.65. The summed E-state index contributed by atoms with van der Waals surface area (Å²) in [6, 6.07) is 8.83. The molecule has 0 aliphatic carbocycles. The minimum absolute atomic E-state index is 0.436. The van der Waals surface area contributed by atoms with Crippen LogP contribution >= 0.6 is 46.4 Å². The van der Waals surface area contributed by atoms with Gasteiger partial charge >= 0.3 is 0 Å². The monoisotopic (exact) mass is 526 g/mol. The summed E-state index contributed by atoms with van der Waals surface area (Å²) in [6.07, 6.45) is 3.68. The molecular formula is C26H30Cl4N2O. The minimum Gasteiger partial charge on any atom is -0.387 e. The summed E-state index contributed by atoms with van der Waals surface area (Å²) >= 11 is 25.6. The predicted octanol–water partition coefficient (Wildman–Crippen LogP) is 8.76. The van der Waals surface area contributed by atoms with Crippen LogP contribution in [0.15, 0.2) is 30.3 Å². The van der Waals surface area contributed by atoms with Crippen molar-refractivity contribution in [3.05, 3.63) is 61.5 Å². The first-order valence-corrected chi connectivity index (χ1v) is 12.9. The van der Waals surface area contributed by atoms with Gasteiger partial charge in [0.05, 0.1) is 27.4 Å². The van der Waals surface area contributed by atoms with Crippen LogP contribution in [-0.4, -0.2) is 34.6 Å². The first-order chi connectivity index (χ1) is 15.8. The van der Waals surface area contributed by atoms with Crippen molar-refractivity contribution in [3.63, 3.8) is 0 Å². The summed E-state index contributed by atoms with van der Waals surface area (Å²) in [6.45, 7) is 8.75. The molecule has 1 unspecified atom stereocenters. The van der Waals surface area contributed by atoms with Crippen molar-refractivity contribution in [1.29, 1.82) is 0 Å². The lowest BCUT2D eigenvalue weighted by Gasteiger charge is -2.27. The Morgan fingerprint density at radius 1 is 0.909 bits per heavy atom. The van der Waals surface area contributed by atoms with Crippen molar-refractivity contribution >= 4 is 57.3 Å². The number of benzene rings is 2. The lowest BCUT2D eigenvalue weighted by molar-refractivity contribution is 0.112. The Labute approximate surface area is 216 Å². The number of fused-ring (bicyclic) bond motifs is 1. The van der Waals surface area contributed by atoms with E-state index < -0.39 is 6.10 Å². The van der Waals surface area contributed by atoms with E-state index in [9.17, 15) is 5.11 Å². The number of halogens is 4. The van der Waals surface area contributed by atoms with Gasteiger partial charge in [-0.2, -0.15) is 0 Å². The lowest BCUT2D eigenvalue weighted by atomic mass is 9.93. The predicted molar refractivity (Wildman–Crippen MR) is 143 cm³/mol. The van der Waals surface area contributed by atoms with Crippen molar-refractivity contribution < 1.29 is 5.11 Å². The lowest BCUT2D eigenvalue weighted by Crippen LogP contribution is -2.31. The van der Waals surface area contributed by atoms with Gasteiger partial charge in [0.25, 0.3) is 0 Å². The molecule has 1 N–H and O–H groups in total. The van der Waals surface area contributed by atoms with Crippen LogP contribution < -0.4 is 0 Å². The van der Waals surface area contributed by atoms with Crippen molar-refractivity contribution in [3.8, 4) is 11.3 Å². The van der Waals surface area contributed by atoms with Crippen molar-refractivity contribution in [1.82, 2.24) is 9.88 Å². The highest BCUT2D eigenvalue weighted by Crippen LogP contribution is 2.40. The van der Waals surface area contributed by atoms with Crippen molar-refractivity contribution in [2.75, 3.05) is 19.6 Å². The quantitative estimate of drug-likeness (QED) is 0.286. The van der Waals surface area contributed by atoms with Gasteiger partial charge in [-0.05, 0) is 74.3 Å². The van der Waals surface area contributed by atoms with Gasteiger partial charge in [0.2, 0.25) is 0 Å². The molecule has 0 aliphatic heterocycles. The summed E-state index contributed by atoms with van der Waals surface area (Å²) in [5.74, 6) is 0. The standard InChI is InChI=1S/C26H30Cl4N2O/c1-4-6-10-32(11-7-5-2)15-23(33)24-16(3)25(19-9-8-17(27)13-21(19)29)31-26-20(24)12-18(28)14-22(26)30/h8-9,12-14,23,33H,4-7,10-11,15H2,1-3H3. The number of nitrogens with zero attached hydrogens (tertiary/aromatic N) is 2. The summed E-state index contributed by atoms with van der Waals surface area (Å²) in [4.78, 5) is 7.19. The molecule has 0 fully saturated rings. The Kier molecular flexibility index (Phi) is 9.70. The van der Waals surface area contributed by atoms with E-state index in [0.29, 0.717) is 37.8 Å². The number of aliphatic hydroxyl groups is 1. The van der Waals surface area contributed by atoms with Gasteiger partial charge in [0.1, 0.15) is 0 Å². The second-order valence-electron chi connectivity index (χ2n) is 8.43. The summed E-state index contributed by atoms with van der Waals surface area (Å²) < 4.78 is 0. The molecule has 0 radical (unpaired) electrons. The van der Waals surface area contributed by atoms with Gasteiger partial charge in [-0.25, -0.2) is 4.98 Å². The number of rotatable bonds is 10. The first-order valence-electron chi connectivity index (χ1n) is 11.4. The maximum atomic E-state index is 11.5. The topological polar surface area (TPSA) is 36.4 Å². The van der Waals surface area contributed by atoms with E-state index in [1.54, 1.807) is 18.2 Å². The highest BCUT2D eigenvalue weighted by molar-refractivity contribution is 6.39. The van der Waals surface area contributed by atoms with Gasteiger partial charge in [0, 0.05) is 27.5 Å². The van der Waals surface area contributed by atoms with E-state index in [1.807, 2.05) is 19.1 Å². The zero-order chi connectivity index (χ0) is 24.1. The number of hydrogen-bond donors (Lipinski definition) is 1. The van der Waals surface area contributed by atoms with Crippen LogP contribution in [0, 0.1) is 6.92 Å². The largest absolute Gasteiger partial charge is 0.387 e. The molecule has 0 saturated heterocycles. The first kappa shape index (κ1) is 26.5. The molecule has 1 atom stereocenters. The van der Waals surface area contributed by atoms with Crippen LogP contribution in [0.1, 0.15) is 56.8 Å². The van der Waals surface area contributed by atoms with Gasteiger partial charge in [-0.1, -0.05) is 73.1 Å².